The third kappa shape index (κ3) is 1.65. The number of hydrogen-bond donors (Lipinski definition) is 2. The Morgan fingerprint density at radius 3 is 2.30 bits per heavy atom. The Morgan fingerprint density at radius 2 is 2.30 bits per heavy atom. The van der Waals surface area contributed by atoms with Crippen molar-refractivity contribution in [1.29, 1.82) is 0 Å². The zero-order chi connectivity index (χ0) is 8.36. The molecular weight excluding hydrogens is 206 g/mol. The maximum Gasteiger partial charge on any atom is 0.321 e. The first kappa shape index (κ1) is 9.80. The molecule has 0 aromatic carbocycles. The summed E-state index contributed by atoms with van der Waals surface area (Å²) in [6, 6.07) is 0. The van der Waals surface area contributed by atoms with Gasteiger partial charge >= 0.3 is 4.45 Å². The van der Waals surface area contributed by atoms with Gasteiger partial charge < -0.3 is 10.2 Å². The molecule has 0 rings (SSSR count). The summed E-state index contributed by atoms with van der Waals surface area (Å²) in [7, 11) is 0. The van der Waals surface area contributed by atoms with E-state index >= 15 is 0 Å². The fraction of sp³-hybridized carbons (Fsp3) is 1.00. The van der Waals surface area contributed by atoms with Gasteiger partial charge in [0.05, 0.1) is 0 Å². The standard InChI is InChI=1S/C4H8BrNO4/c1-3(8)4(5,2-7)6(9)10/h3,7-8H,2H2,1H3. The van der Waals surface area contributed by atoms with Crippen LogP contribution in [0.15, 0.2) is 0 Å². The molecule has 2 N–H and O–H groups in total. The van der Waals surface area contributed by atoms with Gasteiger partial charge in [0.25, 0.3) is 0 Å². The summed E-state index contributed by atoms with van der Waals surface area (Å²) in [5.41, 5.74) is 0. The first-order chi connectivity index (χ1) is 4.45. The largest absolute Gasteiger partial charge is 0.388 e. The van der Waals surface area contributed by atoms with Crippen LogP contribution in [0.2, 0.25) is 0 Å². The zero-order valence-electron chi connectivity index (χ0n) is 5.32. The third-order valence-electron chi connectivity index (χ3n) is 1.17. The molecule has 0 aromatic heterocycles. The summed E-state index contributed by atoms with van der Waals surface area (Å²) in [5, 5.41) is 27.4. The van der Waals surface area contributed by atoms with E-state index < -0.39 is 22.1 Å². The van der Waals surface area contributed by atoms with Crippen LogP contribution in [0, 0.1) is 10.1 Å². The van der Waals surface area contributed by atoms with Crippen molar-refractivity contribution in [3.8, 4) is 0 Å². The second kappa shape index (κ2) is 3.27. The summed E-state index contributed by atoms with van der Waals surface area (Å²) >= 11 is 2.61. The molecule has 0 bridgehead atoms. The van der Waals surface area contributed by atoms with E-state index in [0.29, 0.717) is 0 Å². The molecule has 0 saturated carbocycles. The van der Waals surface area contributed by atoms with Crippen LogP contribution in [0.5, 0.6) is 0 Å². The van der Waals surface area contributed by atoms with Crippen molar-refractivity contribution in [2.24, 2.45) is 0 Å². The summed E-state index contributed by atoms with van der Waals surface area (Å²) in [5.74, 6) is 0. The minimum Gasteiger partial charge on any atom is -0.388 e. The van der Waals surface area contributed by atoms with Crippen LogP contribution >= 0.6 is 15.9 Å². The van der Waals surface area contributed by atoms with Gasteiger partial charge in [-0.25, -0.2) is 0 Å². The second-order valence-electron chi connectivity index (χ2n) is 1.91. The van der Waals surface area contributed by atoms with E-state index in [2.05, 4.69) is 15.9 Å². The summed E-state index contributed by atoms with van der Waals surface area (Å²) in [6.45, 7) is 0.492. The lowest BCUT2D eigenvalue weighted by Gasteiger charge is -2.18. The number of alkyl halides is 1. The predicted octanol–water partition coefficient (Wildman–Crippen LogP) is -0.273. The van der Waals surface area contributed by atoms with Gasteiger partial charge in [-0.3, -0.25) is 10.1 Å². The minimum absolute atomic E-state index is 0.738. The Balaban J connectivity index is 4.38. The molecular formula is C4H8BrNO4. The molecule has 0 aliphatic heterocycles. The highest BCUT2D eigenvalue weighted by atomic mass is 79.9. The molecule has 6 heteroatoms. The van der Waals surface area contributed by atoms with Gasteiger partial charge in [-0.05, 0) is 6.92 Å². The molecule has 10 heavy (non-hydrogen) atoms. The van der Waals surface area contributed by atoms with E-state index in [1.165, 1.54) is 6.92 Å². The molecule has 0 saturated heterocycles. The number of hydrogen-bond acceptors (Lipinski definition) is 4. The number of aliphatic hydroxyl groups is 2. The molecule has 2 atom stereocenters. The molecule has 0 radical (unpaired) electrons. The molecule has 0 aromatic rings. The Bertz CT molecular complexity index is 139. The number of rotatable bonds is 3. The Hall–Kier alpha value is -0.200. The van der Waals surface area contributed by atoms with E-state index in [-0.39, 0.29) is 0 Å². The lowest BCUT2D eigenvalue weighted by molar-refractivity contribution is -0.550. The SMILES string of the molecule is CC(O)C(Br)(CO)[N+](=O)[O-]. The molecule has 0 heterocycles. The number of nitro groups is 1. The van der Waals surface area contributed by atoms with Crippen LogP contribution in [0.3, 0.4) is 0 Å². The first-order valence-electron chi connectivity index (χ1n) is 2.57. The van der Waals surface area contributed by atoms with Gasteiger partial charge in [-0.2, -0.15) is 0 Å². The van der Waals surface area contributed by atoms with Crippen LogP contribution < -0.4 is 0 Å². The fourth-order valence-electron chi connectivity index (χ4n) is 0.342. The highest BCUT2D eigenvalue weighted by molar-refractivity contribution is 9.10. The van der Waals surface area contributed by atoms with Crippen LogP contribution in [0.25, 0.3) is 0 Å². The first-order valence-corrected chi connectivity index (χ1v) is 3.36. The van der Waals surface area contributed by atoms with Gasteiger partial charge in [0.15, 0.2) is 0 Å². The molecule has 0 amide bonds. The monoisotopic (exact) mass is 213 g/mol. The van der Waals surface area contributed by atoms with Crippen LogP contribution in [-0.2, 0) is 0 Å². The molecule has 2 unspecified atom stereocenters. The van der Waals surface area contributed by atoms with E-state index in [1.807, 2.05) is 0 Å². The van der Waals surface area contributed by atoms with E-state index in [0.717, 1.165) is 0 Å². The molecule has 0 spiro atoms. The maximum absolute atomic E-state index is 10.1. The zero-order valence-corrected chi connectivity index (χ0v) is 6.91. The summed E-state index contributed by atoms with van der Waals surface area (Å²) in [6.07, 6.45) is -1.23. The molecule has 5 nitrogen and oxygen atoms in total. The minimum atomic E-state index is -1.81. The Labute approximate surface area is 65.9 Å². The molecule has 0 aliphatic rings. The van der Waals surface area contributed by atoms with Crippen LogP contribution in [0.4, 0.5) is 0 Å². The van der Waals surface area contributed by atoms with Crippen molar-refractivity contribution in [2.45, 2.75) is 17.5 Å². The molecule has 60 valence electrons. The van der Waals surface area contributed by atoms with Crippen molar-refractivity contribution in [3.63, 3.8) is 0 Å². The quantitative estimate of drug-likeness (QED) is 0.293. The summed E-state index contributed by atoms with van der Waals surface area (Å²) in [4.78, 5) is 9.37. The third-order valence-corrected chi connectivity index (χ3v) is 2.37. The average molecular weight is 214 g/mol. The fourth-order valence-corrected chi connectivity index (χ4v) is 0.342. The smallest absolute Gasteiger partial charge is 0.321 e. The van der Waals surface area contributed by atoms with Crippen molar-refractivity contribution in [1.82, 2.24) is 0 Å². The van der Waals surface area contributed by atoms with E-state index in [1.54, 1.807) is 0 Å². The van der Waals surface area contributed by atoms with Crippen molar-refractivity contribution in [3.05, 3.63) is 10.1 Å². The topological polar surface area (TPSA) is 83.6 Å². The Morgan fingerprint density at radius 1 is 1.90 bits per heavy atom. The van der Waals surface area contributed by atoms with Crippen LogP contribution in [-0.4, -0.2) is 32.3 Å². The van der Waals surface area contributed by atoms with Crippen molar-refractivity contribution in [2.75, 3.05) is 6.61 Å². The molecule has 0 aliphatic carbocycles. The second-order valence-corrected chi connectivity index (χ2v) is 3.28. The molecule has 0 fully saturated rings. The number of nitrogens with zero attached hydrogens (tertiary/aromatic N) is 1. The number of halogens is 1. The van der Waals surface area contributed by atoms with Gasteiger partial charge in [-0.1, -0.05) is 0 Å². The highest BCUT2D eigenvalue weighted by Crippen LogP contribution is 2.22. The van der Waals surface area contributed by atoms with E-state index in [4.69, 9.17) is 10.2 Å². The predicted molar refractivity (Wildman–Crippen MR) is 37.4 cm³/mol. The lowest BCUT2D eigenvalue weighted by Crippen LogP contribution is -2.45. The van der Waals surface area contributed by atoms with Crippen LogP contribution in [0.1, 0.15) is 6.92 Å². The Kier molecular flexibility index (Phi) is 3.20. The average Bonchev–Trinajstić information content (AvgIpc) is 1.85. The van der Waals surface area contributed by atoms with Gasteiger partial charge in [0, 0.05) is 20.9 Å². The summed E-state index contributed by atoms with van der Waals surface area (Å²) < 4.78 is -1.81. The highest BCUT2D eigenvalue weighted by Gasteiger charge is 2.44. The normalized spacial score (nSPS) is 19.6. The maximum atomic E-state index is 10.1. The van der Waals surface area contributed by atoms with Gasteiger partial charge in [0.2, 0.25) is 0 Å². The van der Waals surface area contributed by atoms with Gasteiger partial charge in [-0.15, -0.1) is 0 Å². The number of aliphatic hydroxyl groups excluding tert-OH is 2. The van der Waals surface area contributed by atoms with Crippen molar-refractivity contribution >= 4 is 15.9 Å². The van der Waals surface area contributed by atoms with Gasteiger partial charge in [0.1, 0.15) is 12.7 Å². The van der Waals surface area contributed by atoms with E-state index in [9.17, 15) is 10.1 Å². The van der Waals surface area contributed by atoms with Crippen molar-refractivity contribution < 1.29 is 15.1 Å². The lowest BCUT2D eigenvalue weighted by atomic mass is 10.2.